The summed E-state index contributed by atoms with van der Waals surface area (Å²) in [5.41, 5.74) is 5.56. The maximum absolute atomic E-state index is 13.1. The first-order chi connectivity index (χ1) is 14.2. The number of thioether (sulfide) groups is 1. The van der Waals surface area contributed by atoms with Crippen LogP contribution in [0, 0.1) is 0 Å². The van der Waals surface area contributed by atoms with Crippen LogP contribution in [0.4, 0.5) is 0 Å². The van der Waals surface area contributed by atoms with Crippen molar-refractivity contribution in [2.45, 2.75) is 17.2 Å². The van der Waals surface area contributed by atoms with Crippen LogP contribution in [0.5, 0.6) is 0 Å². The molecular formula is C22H20N4OS2. The third kappa shape index (κ3) is 4.75. The van der Waals surface area contributed by atoms with Crippen LogP contribution >= 0.6 is 23.1 Å². The van der Waals surface area contributed by atoms with Crippen molar-refractivity contribution in [2.24, 2.45) is 0 Å². The molecule has 0 spiro atoms. The molecule has 4 rings (SSSR count). The fourth-order valence-electron chi connectivity index (χ4n) is 2.94. The number of para-hydroxylation sites is 1. The van der Waals surface area contributed by atoms with Crippen LogP contribution in [-0.2, 0) is 12.3 Å². The van der Waals surface area contributed by atoms with Crippen LogP contribution in [0.3, 0.4) is 0 Å². The fraction of sp³-hybridized carbons (Fsp3) is 0.136. The highest BCUT2D eigenvalue weighted by Gasteiger charge is 2.17. The number of carbonyl (C=O) groups excluding carboxylic acids is 1. The van der Waals surface area contributed by atoms with Gasteiger partial charge in [-0.15, -0.1) is 23.1 Å². The molecule has 29 heavy (non-hydrogen) atoms. The van der Waals surface area contributed by atoms with Crippen molar-refractivity contribution in [3.8, 4) is 5.69 Å². The Morgan fingerprint density at radius 1 is 1.14 bits per heavy atom. The summed E-state index contributed by atoms with van der Waals surface area (Å²) in [6.45, 7) is 0.497. The topological polar surface area (TPSA) is 51.0 Å². The molecule has 2 aromatic heterocycles. The second kappa shape index (κ2) is 9.07. The molecule has 2 heterocycles. The average Bonchev–Trinajstić information content (AvgIpc) is 3.45. The van der Waals surface area contributed by atoms with Gasteiger partial charge in [0.05, 0.1) is 28.7 Å². The van der Waals surface area contributed by atoms with Crippen molar-refractivity contribution in [2.75, 3.05) is 7.05 Å². The molecule has 0 aliphatic rings. The summed E-state index contributed by atoms with van der Waals surface area (Å²) in [4.78, 5) is 20.1. The summed E-state index contributed by atoms with van der Waals surface area (Å²) in [6, 6.07) is 17.7. The Balaban J connectivity index is 1.45. The van der Waals surface area contributed by atoms with Gasteiger partial charge < -0.3 is 4.90 Å². The highest BCUT2D eigenvalue weighted by molar-refractivity contribution is 7.98. The Bertz CT molecular complexity index is 1080. The summed E-state index contributed by atoms with van der Waals surface area (Å²) < 4.78 is 1.82. The van der Waals surface area contributed by atoms with Crippen molar-refractivity contribution in [3.63, 3.8) is 0 Å². The van der Waals surface area contributed by atoms with Crippen LogP contribution in [0.15, 0.2) is 82.8 Å². The quantitative estimate of drug-likeness (QED) is 0.399. The Morgan fingerprint density at radius 2 is 1.93 bits per heavy atom. The lowest BCUT2D eigenvalue weighted by atomic mass is 10.2. The Morgan fingerprint density at radius 3 is 2.72 bits per heavy atom. The summed E-state index contributed by atoms with van der Waals surface area (Å²) in [5.74, 6) is 0.750. The fourth-order valence-corrected chi connectivity index (χ4v) is 4.56. The molecule has 0 unspecified atom stereocenters. The van der Waals surface area contributed by atoms with E-state index in [4.69, 9.17) is 0 Å². The van der Waals surface area contributed by atoms with Gasteiger partial charge in [0, 0.05) is 41.4 Å². The maximum Gasteiger partial charge on any atom is 0.255 e. The number of benzene rings is 2. The molecule has 0 bridgehead atoms. The molecule has 0 aliphatic heterocycles. The number of aromatic nitrogens is 3. The first-order valence-electron chi connectivity index (χ1n) is 9.14. The lowest BCUT2D eigenvalue weighted by Crippen LogP contribution is -2.26. The van der Waals surface area contributed by atoms with Crippen molar-refractivity contribution in [3.05, 3.63) is 94.7 Å². The van der Waals surface area contributed by atoms with Crippen LogP contribution in [0.1, 0.15) is 21.6 Å². The van der Waals surface area contributed by atoms with E-state index in [0.29, 0.717) is 12.1 Å². The lowest BCUT2D eigenvalue weighted by Gasteiger charge is -2.18. The Labute approximate surface area is 178 Å². The standard InChI is InChI=1S/C22H20N4OS2/c1-25(12-17-11-24-26(13-17)19-7-3-2-4-8-19)22(27)20-9-5-6-10-21(20)29-15-18-14-28-16-23-18/h2-11,13-14,16H,12,15H2,1H3. The highest BCUT2D eigenvalue weighted by atomic mass is 32.2. The zero-order chi connectivity index (χ0) is 20.1. The zero-order valence-electron chi connectivity index (χ0n) is 15.9. The minimum absolute atomic E-state index is 0.00108. The molecule has 4 aromatic rings. The van der Waals surface area contributed by atoms with E-state index in [-0.39, 0.29) is 5.91 Å². The Kier molecular flexibility index (Phi) is 6.07. The first-order valence-corrected chi connectivity index (χ1v) is 11.1. The molecule has 7 heteroatoms. The number of thiazole rings is 1. The smallest absolute Gasteiger partial charge is 0.255 e. The SMILES string of the molecule is CN(Cc1cnn(-c2ccccc2)c1)C(=O)c1ccccc1SCc1cscn1. The van der Waals surface area contributed by atoms with E-state index in [0.717, 1.165) is 27.6 Å². The number of hydrogen-bond acceptors (Lipinski definition) is 5. The van der Waals surface area contributed by atoms with Crippen molar-refractivity contribution in [1.29, 1.82) is 0 Å². The molecule has 5 nitrogen and oxygen atoms in total. The molecule has 0 fully saturated rings. The van der Waals surface area contributed by atoms with E-state index in [1.807, 2.05) is 83.4 Å². The molecule has 0 atom stereocenters. The molecule has 146 valence electrons. The molecule has 0 saturated carbocycles. The lowest BCUT2D eigenvalue weighted by molar-refractivity contribution is 0.0781. The van der Waals surface area contributed by atoms with Crippen molar-refractivity contribution >= 4 is 29.0 Å². The molecule has 0 aliphatic carbocycles. The summed E-state index contributed by atoms with van der Waals surface area (Å²) in [7, 11) is 1.82. The third-order valence-electron chi connectivity index (χ3n) is 4.40. The van der Waals surface area contributed by atoms with Gasteiger partial charge in [-0.1, -0.05) is 30.3 Å². The van der Waals surface area contributed by atoms with E-state index in [1.165, 1.54) is 0 Å². The van der Waals surface area contributed by atoms with E-state index in [9.17, 15) is 4.79 Å². The molecule has 1 amide bonds. The van der Waals surface area contributed by atoms with Gasteiger partial charge in [0.25, 0.3) is 5.91 Å². The van der Waals surface area contributed by atoms with Gasteiger partial charge >= 0.3 is 0 Å². The number of amides is 1. The second-order valence-electron chi connectivity index (χ2n) is 6.55. The van der Waals surface area contributed by atoms with Crippen molar-refractivity contribution < 1.29 is 4.79 Å². The summed E-state index contributed by atoms with van der Waals surface area (Å²) >= 11 is 3.22. The van der Waals surface area contributed by atoms with E-state index in [2.05, 4.69) is 10.1 Å². The van der Waals surface area contributed by atoms with Gasteiger partial charge in [-0.05, 0) is 24.3 Å². The van der Waals surface area contributed by atoms with E-state index < -0.39 is 0 Å². The average molecular weight is 421 g/mol. The monoisotopic (exact) mass is 420 g/mol. The minimum Gasteiger partial charge on any atom is -0.337 e. The molecule has 0 saturated heterocycles. The van der Waals surface area contributed by atoms with Gasteiger partial charge in [0.1, 0.15) is 0 Å². The van der Waals surface area contributed by atoms with Gasteiger partial charge in [-0.25, -0.2) is 9.67 Å². The van der Waals surface area contributed by atoms with E-state index >= 15 is 0 Å². The molecule has 2 aromatic carbocycles. The predicted octanol–water partition coefficient (Wildman–Crippen LogP) is 4.89. The summed E-state index contributed by atoms with van der Waals surface area (Å²) in [6.07, 6.45) is 3.77. The zero-order valence-corrected chi connectivity index (χ0v) is 17.6. The molecular weight excluding hydrogens is 400 g/mol. The van der Waals surface area contributed by atoms with Gasteiger partial charge in [0.2, 0.25) is 0 Å². The van der Waals surface area contributed by atoms with Gasteiger partial charge in [-0.3, -0.25) is 4.79 Å². The normalized spacial score (nSPS) is 10.8. The number of hydrogen-bond donors (Lipinski definition) is 0. The van der Waals surface area contributed by atoms with E-state index in [1.54, 1.807) is 34.2 Å². The van der Waals surface area contributed by atoms with Crippen LogP contribution in [0.25, 0.3) is 5.69 Å². The maximum atomic E-state index is 13.1. The van der Waals surface area contributed by atoms with Crippen LogP contribution in [0.2, 0.25) is 0 Å². The number of carbonyl (C=O) groups is 1. The minimum atomic E-state index is -0.00108. The van der Waals surface area contributed by atoms with Gasteiger partial charge in [0.15, 0.2) is 0 Å². The largest absolute Gasteiger partial charge is 0.337 e. The van der Waals surface area contributed by atoms with Gasteiger partial charge in [-0.2, -0.15) is 5.10 Å². The molecule has 0 radical (unpaired) electrons. The first kappa shape index (κ1) is 19.4. The number of nitrogens with zero attached hydrogens (tertiary/aromatic N) is 4. The third-order valence-corrected chi connectivity index (χ3v) is 6.14. The highest BCUT2D eigenvalue weighted by Crippen LogP contribution is 2.27. The predicted molar refractivity (Wildman–Crippen MR) is 117 cm³/mol. The van der Waals surface area contributed by atoms with Crippen LogP contribution < -0.4 is 0 Å². The van der Waals surface area contributed by atoms with Crippen LogP contribution in [-0.4, -0.2) is 32.6 Å². The molecule has 0 N–H and O–H groups in total. The number of rotatable bonds is 7. The summed E-state index contributed by atoms with van der Waals surface area (Å²) in [5, 5.41) is 6.45. The second-order valence-corrected chi connectivity index (χ2v) is 8.29. The Hall–Kier alpha value is -2.90. The van der Waals surface area contributed by atoms with Crippen molar-refractivity contribution in [1.82, 2.24) is 19.7 Å².